The van der Waals surface area contributed by atoms with Gasteiger partial charge >= 0.3 is 0 Å². The predicted octanol–water partition coefficient (Wildman–Crippen LogP) is 1.13. The monoisotopic (exact) mass is 377 g/mol. The molecule has 0 aliphatic carbocycles. The zero-order valence-corrected chi connectivity index (χ0v) is 15.6. The van der Waals surface area contributed by atoms with Crippen LogP contribution in [0.15, 0.2) is 15.6 Å². The summed E-state index contributed by atoms with van der Waals surface area (Å²) < 4.78 is 31.1. The third kappa shape index (κ3) is 3.46. The fourth-order valence-corrected chi connectivity index (χ4v) is 4.19. The fraction of sp³-hybridized carbons (Fsp3) is 0.667. The Morgan fingerprint density at radius 1 is 1.33 bits per heavy atom. The zero-order chi connectivity index (χ0) is 16.7. The highest BCUT2D eigenvalue weighted by Gasteiger charge is 2.38. The van der Waals surface area contributed by atoms with E-state index in [0.29, 0.717) is 29.8 Å². The summed E-state index contributed by atoms with van der Waals surface area (Å²) in [4.78, 5) is 14.5. The van der Waals surface area contributed by atoms with Gasteiger partial charge in [0, 0.05) is 25.7 Å². The number of rotatable bonds is 3. The number of hydrogen-bond acceptors (Lipinski definition) is 5. The summed E-state index contributed by atoms with van der Waals surface area (Å²) in [6.07, 6.45) is 3.15. The molecular weight excluding hydrogens is 354 g/mol. The molecule has 0 atom stereocenters. The molecule has 0 radical (unpaired) electrons. The molecule has 2 saturated heterocycles. The summed E-state index contributed by atoms with van der Waals surface area (Å²) in [7, 11) is -2.36. The third-order valence-corrected chi connectivity index (χ3v) is 6.37. The van der Waals surface area contributed by atoms with E-state index < -0.39 is 10.0 Å². The summed E-state index contributed by atoms with van der Waals surface area (Å²) >= 11 is 0. The van der Waals surface area contributed by atoms with E-state index >= 15 is 0 Å². The lowest BCUT2D eigenvalue weighted by atomic mass is 9.78. The minimum Gasteiger partial charge on any atom is -0.448 e. The summed E-state index contributed by atoms with van der Waals surface area (Å²) in [6.45, 7) is 5.12. The average Bonchev–Trinajstić information content (AvgIpc) is 3.15. The minimum atomic E-state index is -3.68. The van der Waals surface area contributed by atoms with Crippen LogP contribution in [0.25, 0.3) is 0 Å². The molecule has 3 heterocycles. The number of sulfonamides is 1. The molecule has 2 fully saturated rings. The van der Waals surface area contributed by atoms with Gasteiger partial charge in [-0.25, -0.2) is 13.1 Å². The number of likely N-dealkylation sites (tertiary alicyclic amines) is 1. The predicted molar refractivity (Wildman–Crippen MR) is 92.0 cm³/mol. The standard InChI is InChI=1S/C15H23N3O4S.ClH/c1-11-12(9-13(22-11)23(20,21)16-2)14(19)18-7-4-15(5-8-18)3-6-17-10-15;/h9,16-17H,3-8,10H2,1-2H3;1H. The van der Waals surface area contributed by atoms with E-state index in [9.17, 15) is 13.2 Å². The normalized spacial score (nSPS) is 20.2. The molecule has 1 amide bonds. The third-order valence-electron chi connectivity index (χ3n) is 5.10. The molecule has 1 aromatic rings. The quantitative estimate of drug-likeness (QED) is 0.824. The van der Waals surface area contributed by atoms with Crippen molar-refractivity contribution in [3.05, 3.63) is 17.4 Å². The maximum Gasteiger partial charge on any atom is 0.273 e. The van der Waals surface area contributed by atoms with Crippen molar-refractivity contribution < 1.29 is 17.6 Å². The second-order valence-electron chi connectivity index (χ2n) is 6.46. The lowest BCUT2D eigenvalue weighted by Gasteiger charge is -2.38. The molecule has 9 heteroatoms. The van der Waals surface area contributed by atoms with Crippen LogP contribution < -0.4 is 10.0 Å². The lowest BCUT2D eigenvalue weighted by Crippen LogP contribution is -2.44. The minimum absolute atomic E-state index is 0. The van der Waals surface area contributed by atoms with Crippen LogP contribution in [0.5, 0.6) is 0 Å². The van der Waals surface area contributed by atoms with Gasteiger partial charge in [0.05, 0.1) is 5.56 Å². The highest BCUT2D eigenvalue weighted by atomic mass is 35.5. The van der Waals surface area contributed by atoms with Crippen molar-refractivity contribution in [2.45, 2.75) is 31.3 Å². The Morgan fingerprint density at radius 2 is 2.00 bits per heavy atom. The van der Waals surface area contributed by atoms with Gasteiger partial charge < -0.3 is 14.6 Å². The maximum atomic E-state index is 12.7. The Bertz CT molecular complexity index is 700. The smallest absolute Gasteiger partial charge is 0.273 e. The summed E-state index contributed by atoms with van der Waals surface area (Å²) in [5, 5.41) is 3.19. The molecule has 1 aromatic heterocycles. The SMILES string of the molecule is CNS(=O)(=O)c1cc(C(=O)N2CCC3(CCNC3)CC2)c(C)o1.Cl. The second-order valence-corrected chi connectivity index (χ2v) is 8.28. The van der Waals surface area contributed by atoms with E-state index in [-0.39, 0.29) is 23.4 Å². The van der Waals surface area contributed by atoms with Crippen molar-refractivity contribution in [1.29, 1.82) is 0 Å². The second kappa shape index (κ2) is 7.03. The Kier molecular flexibility index (Phi) is 5.64. The van der Waals surface area contributed by atoms with E-state index in [2.05, 4.69) is 10.0 Å². The number of carbonyl (C=O) groups excluding carboxylic acids is 1. The summed E-state index contributed by atoms with van der Waals surface area (Å²) in [5.74, 6) is 0.191. The van der Waals surface area contributed by atoms with Crippen LogP contribution in [0, 0.1) is 12.3 Å². The van der Waals surface area contributed by atoms with E-state index in [1.54, 1.807) is 11.8 Å². The first kappa shape index (κ1) is 19.2. The molecule has 0 saturated carbocycles. The van der Waals surface area contributed by atoms with Crippen molar-refractivity contribution in [2.75, 3.05) is 33.2 Å². The first-order valence-corrected chi connectivity index (χ1v) is 9.39. The topological polar surface area (TPSA) is 91.7 Å². The Morgan fingerprint density at radius 3 is 2.54 bits per heavy atom. The number of piperidine rings is 1. The Balaban J connectivity index is 0.00000208. The van der Waals surface area contributed by atoms with Crippen molar-refractivity contribution >= 4 is 28.3 Å². The number of furan rings is 1. The number of amides is 1. The number of aryl methyl sites for hydroxylation is 1. The lowest BCUT2D eigenvalue weighted by molar-refractivity contribution is 0.0606. The molecule has 0 aromatic carbocycles. The molecule has 136 valence electrons. The van der Waals surface area contributed by atoms with Gasteiger partial charge in [0.2, 0.25) is 5.09 Å². The van der Waals surface area contributed by atoms with Gasteiger partial charge in [0.15, 0.2) is 0 Å². The molecular formula is C15H24ClN3O4S. The largest absolute Gasteiger partial charge is 0.448 e. The molecule has 24 heavy (non-hydrogen) atoms. The molecule has 3 rings (SSSR count). The van der Waals surface area contributed by atoms with Crippen molar-refractivity contribution in [2.24, 2.45) is 5.41 Å². The van der Waals surface area contributed by atoms with E-state index in [4.69, 9.17) is 4.42 Å². The highest BCUT2D eigenvalue weighted by molar-refractivity contribution is 7.89. The van der Waals surface area contributed by atoms with Crippen molar-refractivity contribution in [3.63, 3.8) is 0 Å². The number of hydrogen-bond donors (Lipinski definition) is 2. The molecule has 7 nitrogen and oxygen atoms in total. The average molecular weight is 378 g/mol. The molecule has 1 spiro atoms. The number of halogens is 1. The van der Waals surface area contributed by atoms with Gasteiger partial charge in [0.25, 0.3) is 15.9 Å². The van der Waals surface area contributed by atoms with Crippen LogP contribution >= 0.6 is 12.4 Å². The van der Waals surface area contributed by atoms with E-state index in [1.165, 1.54) is 19.5 Å². The zero-order valence-electron chi connectivity index (χ0n) is 13.9. The van der Waals surface area contributed by atoms with Crippen LogP contribution in [-0.2, 0) is 10.0 Å². The Labute approximate surface area is 148 Å². The summed E-state index contributed by atoms with van der Waals surface area (Å²) in [5.41, 5.74) is 0.669. The van der Waals surface area contributed by atoms with Crippen LogP contribution in [0.1, 0.15) is 35.4 Å². The van der Waals surface area contributed by atoms with Crippen LogP contribution in [0.4, 0.5) is 0 Å². The van der Waals surface area contributed by atoms with Gasteiger partial charge in [-0.2, -0.15) is 0 Å². The molecule has 0 bridgehead atoms. The van der Waals surface area contributed by atoms with Crippen LogP contribution in [-0.4, -0.2) is 52.5 Å². The molecule has 2 N–H and O–H groups in total. The van der Waals surface area contributed by atoms with Crippen molar-refractivity contribution in [3.8, 4) is 0 Å². The fourth-order valence-electron chi connectivity index (χ4n) is 3.48. The van der Waals surface area contributed by atoms with E-state index in [1.807, 2.05) is 0 Å². The number of carbonyl (C=O) groups is 1. The van der Waals surface area contributed by atoms with Gasteiger partial charge in [-0.1, -0.05) is 0 Å². The first-order valence-electron chi connectivity index (χ1n) is 7.91. The number of nitrogens with one attached hydrogen (secondary N) is 2. The van der Waals surface area contributed by atoms with Gasteiger partial charge in [-0.05, 0) is 45.2 Å². The van der Waals surface area contributed by atoms with Gasteiger partial charge in [-0.3, -0.25) is 4.79 Å². The Hall–Kier alpha value is -1.09. The van der Waals surface area contributed by atoms with Crippen LogP contribution in [0.3, 0.4) is 0 Å². The van der Waals surface area contributed by atoms with Gasteiger partial charge in [0.1, 0.15) is 5.76 Å². The van der Waals surface area contributed by atoms with Gasteiger partial charge in [-0.15, -0.1) is 12.4 Å². The van der Waals surface area contributed by atoms with E-state index in [0.717, 1.165) is 25.9 Å². The molecule has 2 aliphatic rings. The molecule has 2 aliphatic heterocycles. The molecule has 0 unspecified atom stereocenters. The first-order chi connectivity index (χ1) is 10.9. The van der Waals surface area contributed by atoms with Crippen molar-refractivity contribution in [1.82, 2.24) is 14.9 Å². The highest BCUT2D eigenvalue weighted by Crippen LogP contribution is 2.37. The summed E-state index contributed by atoms with van der Waals surface area (Å²) in [6, 6.07) is 1.32. The maximum absolute atomic E-state index is 12.7. The van der Waals surface area contributed by atoms with Crippen LogP contribution in [0.2, 0.25) is 0 Å². The number of nitrogens with zero attached hydrogens (tertiary/aromatic N) is 1.